The highest BCUT2D eigenvalue weighted by molar-refractivity contribution is 7.99. The number of hydrogen-bond acceptors (Lipinski definition) is 4. The number of nitrogens with zero attached hydrogens (tertiary/aromatic N) is 3. The van der Waals surface area contributed by atoms with Gasteiger partial charge in [-0.2, -0.15) is 0 Å². The molecule has 21 heavy (non-hydrogen) atoms. The predicted molar refractivity (Wildman–Crippen MR) is 87.2 cm³/mol. The molecule has 0 atom stereocenters. The lowest BCUT2D eigenvalue weighted by Crippen LogP contribution is -2.37. The third-order valence-corrected chi connectivity index (χ3v) is 4.87. The molecule has 0 N–H and O–H groups in total. The lowest BCUT2D eigenvalue weighted by atomic mass is 10.2. The minimum Gasteiger partial charge on any atom is -0.280 e. The number of aromatic nitrogens is 3. The van der Waals surface area contributed by atoms with E-state index < -0.39 is 0 Å². The van der Waals surface area contributed by atoms with Gasteiger partial charge in [0.05, 0.1) is 5.39 Å². The van der Waals surface area contributed by atoms with Crippen molar-refractivity contribution in [2.45, 2.75) is 38.0 Å². The normalized spacial score (nSPS) is 11.2. The fraction of sp³-hybridized carbons (Fsp3) is 0.533. The fourth-order valence-corrected chi connectivity index (χ4v) is 3.62. The van der Waals surface area contributed by atoms with Gasteiger partial charge in [-0.1, -0.05) is 20.3 Å². The first-order valence-electron chi connectivity index (χ1n) is 7.23. The number of fused-ring (bicyclic) bond motifs is 1. The maximum atomic E-state index is 12.5. The van der Waals surface area contributed by atoms with Gasteiger partial charge < -0.3 is 0 Å². The number of pyridine rings is 1. The summed E-state index contributed by atoms with van der Waals surface area (Å²) in [7, 11) is 3.17. The van der Waals surface area contributed by atoms with Gasteiger partial charge in [0.1, 0.15) is 5.65 Å². The van der Waals surface area contributed by atoms with Crippen LogP contribution in [0.3, 0.4) is 0 Å². The summed E-state index contributed by atoms with van der Waals surface area (Å²) in [5.74, 6) is 0.967. The molecule has 0 bridgehead atoms. The molecule has 0 aliphatic carbocycles. The van der Waals surface area contributed by atoms with Crippen LogP contribution in [0.4, 0.5) is 0 Å². The van der Waals surface area contributed by atoms with Gasteiger partial charge >= 0.3 is 5.69 Å². The first-order valence-corrected chi connectivity index (χ1v) is 8.21. The summed E-state index contributed by atoms with van der Waals surface area (Å²) in [5, 5.41) is 0.569. The molecule has 0 saturated heterocycles. The van der Waals surface area contributed by atoms with E-state index in [-0.39, 0.29) is 11.2 Å². The van der Waals surface area contributed by atoms with Gasteiger partial charge in [0.2, 0.25) is 0 Å². The number of hydrogen-bond donors (Lipinski definition) is 0. The molecule has 114 valence electrons. The third-order valence-electron chi connectivity index (χ3n) is 3.62. The van der Waals surface area contributed by atoms with Crippen LogP contribution >= 0.6 is 11.8 Å². The van der Waals surface area contributed by atoms with Crippen molar-refractivity contribution in [2.24, 2.45) is 14.1 Å². The minimum atomic E-state index is -0.339. The minimum absolute atomic E-state index is 0.255. The Bertz CT molecular complexity index is 777. The molecule has 2 rings (SSSR count). The summed E-state index contributed by atoms with van der Waals surface area (Å²) in [6, 6.07) is 0. The van der Waals surface area contributed by atoms with E-state index in [9.17, 15) is 9.59 Å². The van der Waals surface area contributed by atoms with Gasteiger partial charge in [0.15, 0.2) is 0 Å². The summed E-state index contributed by atoms with van der Waals surface area (Å²) in [4.78, 5) is 29.8. The van der Waals surface area contributed by atoms with Gasteiger partial charge in [0.25, 0.3) is 5.56 Å². The molecule has 2 heterocycles. The van der Waals surface area contributed by atoms with E-state index in [1.807, 2.05) is 0 Å². The molecule has 6 heteroatoms. The van der Waals surface area contributed by atoms with E-state index >= 15 is 0 Å². The lowest BCUT2D eigenvalue weighted by Gasteiger charge is -2.13. The van der Waals surface area contributed by atoms with E-state index in [1.165, 1.54) is 11.6 Å². The molecular weight excluding hydrogens is 286 g/mol. The Morgan fingerprint density at radius 1 is 1.19 bits per heavy atom. The Morgan fingerprint density at radius 3 is 2.52 bits per heavy atom. The average molecular weight is 307 g/mol. The van der Waals surface area contributed by atoms with E-state index in [0.717, 1.165) is 40.0 Å². The zero-order chi connectivity index (χ0) is 15.6. The second-order valence-corrected chi connectivity index (χ2v) is 6.18. The molecule has 0 fully saturated rings. The average Bonchev–Trinajstić information content (AvgIpc) is 2.50. The van der Waals surface area contributed by atoms with E-state index in [1.54, 1.807) is 25.0 Å². The van der Waals surface area contributed by atoms with Crippen LogP contribution in [-0.2, 0) is 20.5 Å². The van der Waals surface area contributed by atoms with Crippen LogP contribution < -0.4 is 11.2 Å². The molecule has 0 spiro atoms. The maximum absolute atomic E-state index is 12.5. The fourth-order valence-electron chi connectivity index (χ4n) is 2.28. The highest BCUT2D eigenvalue weighted by Gasteiger charge is 2.16. The van der Waals surface area contributed by atoms with E-state index in [2.05, 4.69) is 18.8 Å². The van der Waals surface area contributed by atoms with Crippen molar-refractivity contribution in [3.05, 3.63) is 32.6 Å². The lowest BCUT2D eigenvalue weighted by molar-refractivity contribution is 0.705. The van der Waals surface area contributed by atoms with E-state index in [0.29, 0.717) is 11.0 Å². The summed E-state index contributed by atoms with van der Waals surface area (Å²) < 4.78 is 2.60. The van der Waals surface area contributed by atoms with E-state index in [4.69, 9.17) is 0 Å². The maximum Gasteiger partial charge on any atom is 0.332 e. The Labute approximate surface area is 128 Å². The predicted octanol–water partition coefficient (Wildman–Crippen LogP) is 2.09. The van der Waals surface area contributed by atoms with Crippen LogP contribution in [-0.4, -0.2) is 19.9 Å². The van der Waals surface area contributed by atoms with Gasteiger partial charge in [-0.05, 0) is 24.2 Å². The van der Waals surface area contributed by atoms with Crippen molar-refractivity contribution in [3.8, 4) is 0 Å². The molecule has 0 radical (unpaired) electrons. The molecule has 0 aromatic carbocycles. The topological polar surface area (TPSA) is 56.9 Å². The molecule has 0 unspecified atom stereocenters. The molecular formula is C15H21N3O2S. The zero-order valence-electron chi connectivity index (χ0n) is 13.0. The number of aryl methyl sites for hydroxylation is 2. The van der Waals surface area contributed by atoms with Crippen LogP contribution in [0.5, 0.6) is 0 Å². The molecule has 2 aromatic rings. The van der Waals surface area contributed by atoms with Crippen molar-refractivity contribution in [2.75, 3.05) is 5.75 Å². The molecule has 0 saturated carbocycles. The van der Waals surface area contributed by atoms with Gasteiger partial charge in [-0.3, -0.25) is 13.9 Å². The first-order chi connectivity index (χ1) is 10.0. The van der Waals surface area contributed by atoms with Crippen LogP contribution in [0.1, 0.15) is 32.3 Å². The van der Waals surface area contributed by atoms with Crippen molar-refractivity contribution >= 4 is 22.8 Å². The number of rotatable bonds is 5. The number of thioether (sulfide) groups is 1. The summed E-state index contributed by atoms with van der Waals surface area (Å²) in [6.07, 6.45) is 4.83. The second-order valence-electron chi connectivity index (χ2n) is 5.07. The Morgan fingerprint density at radius 2 is 1.90 bits per heavy atom. The molecule has 5 nitrogen and oxygen atoms in total. The van der Waals surface area contributed by atoms with Crippen molar-refractivity contribution in [3.63, 3.8) is 0 Å². The van der Waals surface area contributed by atoms with Crippen molar-refractivity contribution < 1.29 is 0 Å². The van der Waals surface area contributed by atoms with Crippen LogP contribution in [0.25, 0.3) is 11.0 Å². The molecule has 0 aliphatic rings. The van der Waals surface area contributed by atoms with Gasteiger partial charge in [-0.25, -0.2) is 9.78 Å². The van der Waals surface area contributed by atoms with Crippen LogP contribution in [0.2, 0.25) is 0 Å². The molecule has 0 amide bonds. The standard InChI is InChI=1S/C15H21N3O2S/c1-5-7-8-21-12-10(6-2)9-16-13-11(12)14(19)18(4)15(20)17(13)3/h9H,5-8H2,1-4H3. The van der Waals surface area contributed by atoms with Crippen molar-refractivity contribution in [1.82, 2.24) is 14.1 Å². The highest BCUT2D eigenvalue weighted by atomic mass is 32.2. The van der Waals surface area contributed by atoms with Gasteiger partial charge in [-0.15, -0.1) is 11.8 Å². The first kappa shape index (κ1) is 15.8. The molecule has 0 aliphatic heterocycles. The summed E-state index contributed by atoms with van der Waals surface area (Å²) in [6.45, 7) is 4.20. The Kier molecular flexibility index (Phi) is 4.88. The monoisotopic (exact) mass is 307 g/mol. The Hall–Kier alpha value is -1.56. The SMILES string of the molecule is CCCCSc1c(CC)cnc2c1c(=O)n(C)c(=O)n2C. The highest BCUT2D eigenvalue weighted by Crippen LogP contribution is 2.29. The third kappa shape index (κ3) is 2.77. The smallest absolute Gasteiger partial charge is 0.280 e. The Balaban J connectivity index is 2.79. The largest absolute Gasteiger partial charge is 0.332 e. The second kappa shape index (κ2) is 6.47. The van der Waals surface area contributed by atoms with Crippen molar-refractivity contribution in [1.29, 1.82) is 0 Å². The zero-order valence-corrected chi connectivity index (χ0v) is 13.8. The summed E-state index contributed by atoms with van der Waals surface area (Å²) >= 11 is 1.69. The van der Waals surface area contributed by atoms with Crippen LogP contribution in [0.15, 0.2) is 20.7 Å². The van der Waals surface area contributed by atoms with Crippen LogP contribution in [0, 0.1) is 0 Å². The molecule has 2 aromatic heterocycles. The quantitative estimate of drug-likeness (QED) is 0.627. The van der Waals surface area contributed by atoms with Gasteiger partial charge in [0, 0.05) is 25.2 Å². The summed E-state index contributed by atoms with van der Waals surface area (Å²) in [5.41, 5.74) is 0.947. The number of unbranched alkanes of at least 4 members (excludes halogenated alkanes) is 1.